The van der Waals surface area contributed by atoms with Crippen molar-refractivity contribution >= 4 is 0 Å². The molecule has 0 aromatic heterocycles. The number of halogens is 1. The van der Waals surface area contributed by atoms with Crippen molar-refractivity contribution in [3.63, 3.8) is 0 Å². The largest absolute Gasteiger partial charge is 0.378 e. The quantitative estimate of drug-likeness (QED) is 0.355. The molecule has 0 bridgehead atoms. The summed E-state index contributed by atoms with van der Waals surface area (Å²) in [4.78, 5) is 0. The van der Waals surface area contributed by atoms with Gasteiger partial charge in [-0.15, -0.1) is 0 Å². The first kappa shape index (κ1) is 24.0. The highest BCUT2D eigenvalue weighted by molar-refractivity contribution is 5.26. The highest BCUT2D eigenvalue weighted by atomic mass is 19.1. The van der Waals surface area contributed by atoms with Gasteiger partial charge in [-0.05, 0) is 112 Å². The second-order valence-corrected chi connectivity index (χ2v) is 9.78. The van der Waals surface area contributed by atoms with Gasteiger partial charge in [0.05, 0.1) is 6.10 Å². The summed E-state index contributed by atoms with van der Waals surface area (Å²) in [7, 11) is 0. The molecule has 0 atom stereocenters. The van der Waals surface area contributed by atoms with Crippen molar-refractivity contribution in [2.75, 3.05) is 6.61 Å². The Morgan fingerprint density at radius 2 is 1.71 bits per heavy atom. The lowest BCUT2D eigenvalue weighted by atomic mass is 9.78. The van der Waals surface area contributed by atoms with Crippen molar-refractivity contribution in [3.8, 4) is 6.07 Å². The van der Waals surface area contributed by atoms with Gasteiger partial charge in [-0.3, -0.25) is 0 Å². The molecule has 0 heterocycles. The summed E-state index contributed by atoms with van der Waals surface area (Å²) < 4.78 is 19.2. The number of allylic oxidation sites excluding steroid dienone is 2. The molecule has 0 saturated heterocycles. The second-order valence-electron chi connectivity index (χ2n) is 9.78. The first-order chi connectivity index (χ1) is 15.2. The van der Waals surface area contributed by atoms with Crippen molar-refractivity contribution in [2.24, 2.45) is 11.8 Å². The summed E-state index contributed by atoms with van der Waals surface area (Å²) in [6.07, 6.45) is 17.0. The van der Waals surface area contributed by atoms with Crippen LogP contribution in [0.5, 0.6) is 0 Å². The molecular weight excluding hydrogens is 385 g/mol. The third kappa shape index (κ3) is 8.08. The second kappa shape index (κ2) is 13.0. The van der Waals surface area contributed by atoms with E-state index in [1.54, 1.807) is 6.07 Å². The van der Waals surface area contributed by atoms with E-state index in [-0.39, 0.29) is 0 Å². The Labute approximate surface area is 188 Å². The Hall–Kier alpha value is -1.66. The molecule has 3 rings (SSSR count). The van der Waals surface area contributed by atoms with E-state index in [0.29, 0.717) is 18.4 Å². The van der Waals surface area contributed by atoms with Crippen molar-refractivity contribution < 1.29 is 9.13 Å². The number of nitrogens with zero attached hydrogens (tertiary/aromatic N) is 1. The zero-order valence-corrected chi connectivity index (χ0v) is 19.3. The molecule has 170 valence electrons. The molecule has 0 unspecified atom stereocenters. The summed E-state index contributed by atoms with van der Waals surface area (Å²) in [6.45, 7) is 3.18. The minimum Gasteiger partial charge on any atom is -0.378 e. The van der Waals surface area contributed by atoms with Crippen LogP contribution >= 0.6 is 0 Å². The predicted molar refractivity (Wildman–Crippen MR) is 125 cm³/mol. The molecule has 0 amide bonds. The van der Waals surface area contributed by atoms with Gasteiger partial charge in [0, 0.05) is 6.61 Å². The SMILES string of the molecule is CCCCc1ccc([C@H]2CC[C@H](CO[C@H]3CC[C@H](CCC=C(F)C#N)CC3)CC2)cc1. The molecule has 2 aliphatic carbocycles. The molecule has 31 heavy (non-hydrogen) atoms. The average molecular weight is 426 g/mol. The molecule has 3 heteroatoms. The molecule has 0 aliphatic heterocycles. The van der Waals surface area contributed by atoms with Gasteiger partial charge in [0.2, 0.25) is 0 Å². The van der Waals surface area contributed by atoms with Crippen LogP contribution in [0.15, 0.2) is 36.2 Å². The van der Waals surface area contributed by atoms with Crippen LogP contribution in [-0.4, -0.2) is 12.7 Å². The van der Waals surface area contributed by atoms with Gasteiger partial charge < -0.3 is 4.74 Å². The minimum atomic E-state index is -0.643. The van der Waals surface area contributed by atoms with Crippen LogP contribution in [0.1, 0.15) is 101 Å². The lowest BCUT2D eigenvalue weighted by Gasteiger charge is -2.32. The average Bonchev–Trinajstić information content (AvgIpc) is 2.83. The third-order valence-electron chi connectivity index (χ3n) is 7.48. The van der Waals surface area contributed by atoms with Crippen LogP contribution in [0, 0.1) is 23.2 Å². The Bertz CT molecular complexity index is 704. The van der Waals surface area contributed by atoms with E-state index in [9.17, 15) is 4.39 Å². The van der Waals surface area contributed by atoms with Crippen molar-refractivity contribution in [1.29, 1.82) is 5.26 Å². The molecule has 1 aromatic rings. The van der Waals surface area contributed by atoms with Gasteiger partial charge in [-0.2, -0.15) is 9.65 Å². The van der Waals surface area contributed by atoms with Crippen LogP contribution in [0.4, 0.5) is 4.39 Å². The highest BCUT2D eigenvalue weighted by Crippen LogP contribution is 2.37. The standard InChI is InChI=1S/C28H40FNO/c1-2-3-5-22-8-14-25(15-9-22)26-16-10-24(11-17-26)21-31-28-18-12-23(13-19-28)6-4-7-27(29)20-30/h7-9,14-15,23-24,26,28H,2-6,10-13,16-19,21H2,1H3/t23-,24-,26-,28-. The molecule has 1 aromatic carbocycles. The monoisotopic (exact) mass is 425 g/mol. The van der Waals surface area contributed by atoms with Gasteiger partial charge in [-0.1, -0.05) is 37.6 Å². The van der Waals surface area contributed by atoms with Crippen LogP contribution in [-0.2, 0) is 11.2 Å². The Morgan fingerprint density at radius 1 is 1.03 bits per heavy atom. The molecule has 0 radical (unpaired) electrons. The first-order valence-electron chi connectivity index (χ1n) is 12.6. The number of hydrogen-bond acceptors (Lipinski definition) is 2. The Balaban J connectivity index is 1.30. The van der Waals surface area contributed by atoms with E-state index >= 15 is 0 Å². The van der Waals surface area contributed by atoms with Gasteiger partial charge >= 0.3 is 0 Å². The van der Waals surface area contributed by atoms with E-state index in [1.807, 2.05) is 0 Å². The maximum atomic E-state index is 12.9. The van der Waals surface area contributed by atoms with Crippen LogP contribution in [0.25, 0.3) is 0 Å². The van der Waals surface area contributed by atoms with Gasteiger partial charge in [0.1, 0.15) is 6.07 Å². The number of unbranched alkanes of at least 4 members (excludes halogenated alkanes) is 1. The zero-order chi connectivity index (χ0) is 21.9. The number of ether oxygens (including phenoxy) is 1. The van der Waals surface area contributed by atoms with E-state index < -0.39 is 5.83 Å². The lowest BCUT2D eigenvalue weighted by Crippen LogP contribution is -2.25. The van der Waals surface area contributed by atoms with Gasteiger partial charge in [-0.25, -0.2) is 0 Å². The fraction of sp³-hybridized carbons (Fsp3) is 0.679. The van der Waals surface area contributed by atoms with Crippen molar-refractivity contribution in [2.45, 2.75) is 102 Å². The number of nitriles is 1. The minimum absolute atomic E-state index is 0.413. The van der Waals surface area contributed by atoms with Crippen LogP contribution in [0.2, 0.25) is 0 Å². The van der Waals surface area contributed by atoms with E-state index in [4.69, 9.17) is 10.00 Å². The van der Waals surface area contributed by atoms with Crippen molar-refractivity contribution in [3.05, 3.63) is 47.3 Å². The zero-order valence-electron chi connectivity index (χ0n) is 19.3. The molecule has 2 nitrogen and oxygen atoms in total. The number of aryl methyl sites for hydroxylation is 1. The van der Waals surface area contributed by atoms with E-state index in [0.717, 1.165) is 37.7 Å². The number of rotatable bonds is 10. The van der Waals surface area contributed by atoms with Crippen LogP contribution < -0.4 is 0 Å². The predicted octanol–water partition coefficient (Wildman–Crippen LogP) is 8.04. The van der Waals surface area contributed by atoms with Crippen LogP contribution in [0.3, 0.4) is 0 Å². The topological polar surface area (TPSA) is 33.0 Å². The summed E-state index contributed by atoms with van der Waals surface area (Å²) in [5.41, 5.74) is 3.01. The fourth-order valence-corrected chi connectivity index (χ4v) is 5.35. The van der Waals surface area contributed by atoms with Gasteiger partial charge in [0.25, 0.3) is 0 Å². The number of benzene rings is 1. The fourth-order valence-electron chi connectivity index (χ4n) is 5.35. The Morgan fingerprint density at radius 3 is 2.35 bits per heavy atom. The molecule has 2 aliphatic rings. The Kier molecular flexibility index (Phi) is 10.1. The summed E-state index contributed by atoms with van der Waals surface area (Å²) in [5, 5.41) is 8.47. The number of hydrogen-bond donors (Lipinski definition) is 0. The highest BCUT2D eigenvalue weighted by Gasteiger charge is 2.25. The smallest absolute Gasteiger partial charge is 0.196 e. The van der Waals surface area contributed by atoms with Gasteiger partial charge in [0.15, 0.2) is 5.83 Å². The molecule has 0 N–H and O–H groups in total. The molecular formula is C28H40FNO. The molecule has 0 spiro atoms. The van der Waals surface area contributed by atoms with Crippen molar-refractivity contribution in [1.82, 2.24) is 0 Å². The lowest BCUT2D eigenvalue weighted by molar-refractivity contribution is -0.00824. The molecule has 2 saturated carbocycles. The summed E-state index contributed by atoms with van der Waals surface area (Å²) >= 11 is 0. The first-order valence-corrected chi connectivity index (χ1v) is 12.6. The maximum Gasteiger partial charge on any atom is 0.196 e. The maximum absolute atomic E-state index is 12.9. The molecule has 2 fully saturated rings. The third-order valence-corrected chi connectivity index (χ3v) is 7.48. The summed E-state index contributed by atoms with van der Waals surface area (Å²) in [6, 6.07) is 11.0. The van der Waals surface area contributed by atoms with E-state index in [2.05, 4.69) is 31.2 Å². The van der Waals surface area contributed by atoms with E-state index in [1.165, 1.54) is 75.0 Å². The summed E-state index contributed by atoms with van der Waals surface area (Å²) in [5.74, 6) is 1.46. The normalized spacial score (nSPS) is 27.1.